The molecule has 2 heterocycles. The molecule has 1 aliphatic heterocycles. The fraction of sp³-hybridized carbons (Fsp3) is 0.429. The molecule has 0 radical (unpaired) electrons. The summed E-state index contributed by atoms with van der Waals surface area (Å²) >= 11 is 1.80. The monoisotopic (exact) mass is 247 g/mol. The Morgan fingerprint density at radius 2 is 2.29 bits per heavy atom. The molecule has 1 unspecified atom stereocenters. The molecule has 17 heavy (non-hydrogen) atoms. The van der Waals surface area contributed by atoms with E-state index < -0.39 is 0 Å². The van der Waals surface area contributed by atoms with Crippen LogP contribution >= 0.6 is 11.8 Å². The van der Waals surface area contributed by atoms with Crippen molar-refractivity contribution < 1.29 is 4.42 Å². The van der Waals surface area contributed by atoms with Gasteiger partial charge in [-0.1, -0.05) is 6.07 Å². The molecular formula is C14H17NOS. The minimum atomic E-state index is 0.509. The number of rotatable bonds is 1. The van der Waals surface area contributed by atoms with E-state index in [0.717, 1.165) is 25.0 Å². The van der Waals surface area contributed by atoms with E-state index in [1.807, 2.05) is 0 Å². The molecule has 1 aromatic carbocycles. The lowest BCUT2D eigenvalue weighted by Crippen LogP contribution is -2.27. The first-order chi connectivity index (χ1) is 8.29. The van der Waals surface area contributed by atoms with Gasteiger partial charge in [-0.2, -0.15) is 0 Å². The molecule has 1 aliphatic rings. The van der Waals surface area contributed by atoms with E-state index in [0.29, 0.717) is 6.04 Å². The third-order valence-corrected chi connectivity index (χ3v) is 4.22. The minimum absolute atomic E-state index is 0.509. The van der Waals surface area contributed by atoms with Gasteiger partial charge in [0.1, 0.15) is 11.3 Å². The molecular weight excluding hydrogens is 230 g/mol. The number of nitrogens with one attached hydrogen (secondary N) is 1. The van der Waals surface area contributed by atoms with Gasteiger partial charge in [0.05, 0.1) is 0 Å². The highest BCUT2D eigenvalue weighted by molar-refractivity contribution is 7.98. The van der Waals surface area contributed by atoms with Crippen LogP contribution in [0.4, 0.5) is 0 Å². The Labute approximate surface area is 106 Å². The zero-order valence-corrected chi connectivity index (χ0v) is 11.1. The molecule has 3 rings (SSSR count). The van der Waals surface area contributed by atoms with Crippen LogP contribution in [0.15, 0.2) is 27.5 Å². The molecule has 0 fully saturated rings. The van der Waals surface area contributed by atoms with E-state index in [4.69, 9.17) is 4.42 Å². The molecule has 0 amide bonds. The molecule has 0 saturated carbocycles. The second-order valence-corrected chi connectivity index (χ2v) is 5.49. The van der Waals surface area contributed by atoms with Crippen LogP contribution in [0.1, 0.15) is 18.2 Å². The number of hydrogen-bond donors (Lipinski definition) is 1. The minimum Gasteiger partial charge on any atom is -0.461 e. The zero-order valence-electron chi connectivity index (χ0n) is 10.2. The summed E-state index contributed by atoms with van der Waals surface area (Å²) in [7, 11) is 0. The van der Waals surface area contributed by atoms with Crippen LogP contribution in [-0.4, -0.2) is 18.8 Å². The van der Waals surface area contributed by atoms with Gasteiger partial charge in [0.25, 0.3) is 0 Å². The van der Waals surface area contributed by atoms with Crippen LogP contribution in [0, 0.1) is 0 Å². The summed E-state index contributed by atoms with van der Waals surface area (Å²) in [5, 5.41) is 4.85. The van der Waals surface area contributed by atoms with E-state index in [-0.39, 0.29) is 0 Å². The fourth-order valence-electron chi connectivity index (χ4n) is 2.62. The Kier molecular flexibility index (Phi) is 2.89. The fourth-order valence-corrected chi connectivity index (χ4v) is 3.26. The Morgan fingerprint density at radius 3 is 3.12 bits per heavy atom. The second-order valence-electron chi connectivity index (χ2n) is 4.65. The number of furan rings is 1. The molecule has 2 aromatic rings. The summed E-state index contributed by atoms with van der Waals surface area (Å²) < 4.78 is 6.03. The van der Waals surface area contributed by atoms with Crippen molar-refractivity contribution in [2.75, 3.05) is 12.8 Å². The van der Waals surface area contributed by atoms with E-state index in [1.54, 1.807) is 11.8 Å². The van der Waals surface area contributed by atoms with Crippen molar-refractivity contribution in [1.82, 2.24) is 5.32 Å². The average molecular weight is 247 g/mol. The lowest BCUT2D eigenvalue weighted by molar-refractivity contribution is 0.495. The predicted octanol–water partition coefficient (Wildman–Crippen LogP) is 3.23. The van der Waals surface area contributed by atoms with Crippen LogP contribution in [0.5, 0.6) is 0 Å². The number of fused-ring (bicyclic) bond motifs is 3. The summed E-state index contributed by atoms with van der Waals surface area (Å²) in [5.41, 5.74) is 2.47. The van der Waals surface area contributed by atoms with Crippen molar-refractivity contribution >= 4 is 22.7 Å². The molecule has 0 spiro atoms. The molecule has 3 heteroatoms. The quantitative estimate of drug-likeness (QED) is 0.783. The molecule has 0 aliphatic carbocycles. The third-order valence-electron chi connectivity index (χ3n) is 3.44. The van der Waals surface area contributed by atoms with Crippen molar-refractivity contribution in [2.24, 2.45) is 0 Å². The Morgan fingerprint density at radius 1 is 1.41 bits per heavy atom. The van der Waals surface area contributed by atoms with Crippen molar-refractivity contribution in [2.45, 2.75) is 30.7 Å². The molecule has 1 atom stereocenters. The second kappa shape index (κ2) is 4.39. The van der Waals surface area contributed by atoms with Crippen molar-refractivity contribution in [1.29, 1.82) is 0 Å². The van der Waals surface area contributed by atoms with Gasteiger partial charge in [-0.3, -0.25) is 0 Å². The van der Waals surface area contributed by atoms with E-state index in [2.05, 4.69) is 36.7 Å². The van der Waals surface area contributed by atoms with Crippen LogP contribution in [0.3, 0.4) is 0 Å². The van der Waals surface area contributed by atoms with Crippen LogP contribution in [0.25, 0.3) is 11.0 Å². The molecule has 0 saturated heterocycles. The highest BCUT2D eigenvalue weighted by Crippen LogP contribution is 2.35. The molecule has 2 nitrogen and oxygen atoms in total. The summed E-state index contributed by atoms with van der Waals surface area (Å²) in [6.07, 6.45) is 4.20. The highest BCUT2D eigenvalue weighted by atomic mass is 32.2. The average Bonchev–Trinajstić information content (AvgIpc) is 2.57. The van der Waals surface area contributed by atoms with Gasteiger partial charge < -0.3 is 9.73 Å². The van der Waals surface area contributed by atoms with Gasteiger partial charge in [0, 0.05) is 28.3 Å². The molecule has 0 bridgehead atoms. The molecule has 1 N–H and O–H groups in total. The Balaban J connectivity index is 2.22. The van der Waals surface area contributed by atoms with Crippen LogP contribution in [0.2, 0.25) is 0 Å². The lowest BCUT2D eigenvalue weighted by Gasteiger charge is -2.07. The van der Waals surface area contributed by atoms with Crippen LogP contribution < -0.4 is 5.32 Å². The highest BCUT2D eigenvalue weighted by Gasteiger charge is 2.20. The maximum atomic E-state index is 6.03. The van der Waals surface area contributed by atoms with Gasteiger partial charge in [-0.25, -0.2) is 0 Å². The largest absolute Gasteiger partial charge is 0.461 e. The van der Waals surface area contributed by atoms with Crippen molar-refractivity contribution in [3.8, 4) is 0 Å². The van der Waals surface area contributed by atoms with Crippen molar-refractivity contribution in [3.05, 3.63) is 29.5 Å². The molecule has 90 valence electrons. The van der Waals surface area contributed by atoms with Gasteiger partial charge in [-0.15, -0.1) is 11.8 Å². The maximum absolute atomic E-state index is 6.03. The third kappa shape index (κ3) is 1.87. The summed E-state index contributed by atoms with van der Waals surface area (Å²) in [4.78, 5) is 1.34. The van der Waals surface area contributed by atoms with Crippen LogP contribution in [-0.2, 0) is 12.8 Å². The topological polar surface area (TPSA) is 25.2 Å². The van der Waals surface area contributed by atoms with E-state index in [9.17, 15) is 0 Å². The number of hydrogen-bond acceptors (Lipinski definition) is 3. The Bertz CT molecular complexity index is 546. The normalized spacial score (nSPS) is 20.2. The molecule has 1 aromatic heterocycles. The van der Waals surface area contributed by atoms with Gasteiger partial charge in [-0.05, 0) is 38.3 Å². The van der Waals surface area contributed by atoms with Gasteiger partial charge in [0.15, 0.2) is 0 Å². The number of benzene rings is 1. The smallest absolute Gasteiger partial charge is 0.135 e. The standard InChI is InChI=1S/C14H17NOS/c1-9-8-12-10(6-7-15-9)14-11(16-12)4-3-5-13(14)17-2/h3-5,9,15H,6-8H2,1-2H3. The van der Waals surface area contributed by atoms with Gasteiger partial charge in [0.2, 0.25) is 0 Å². The van der Waals surface area contributed by atoms with E-state index in [1.165, 1.54) is 21.6 Å². The summed E-state index contributed by atoms with van der Waals surface area (Å²) in [6.45, 7) is 3.27. The predicted molar refractivity (Wildman–Crippen MR) is 72.9 cm³/mol. The SMILES string of the molecule is CSc1cccc2oc3c(c12)CCNC(C)C3. The zero-order chi connectivity index (χ0) is 11.8. The Hall–Kier alpha value is -0.930. The summed E-state index contributed by atoms with van der Waals surface area (Å²) in [6, 6.07) is 6.86. The first-order valence-electron chi connectivity index (χ1n) is 6.10. The first kappa shape index (κ1) is 11.2. The summed E-state index contributed by atoms with van der Waals surface area (Å²) in [5.74, 6) is 1.18. The first-order valence-corrected chi connectivity index (χ1v) is 7.32. The number of thioether (sulfide) groups is 1. The van der Waals surface area contributed by atoms with E-state index >= 15 is 0 Å². The maximum Gasteiger partial charge on any atom is 0.135 e. The van der Waals surface area contributed by atoms with Crippen molar-refractivity contribution in [3.63, 3.8) is 0 Å². The lowest BCUT2D eigenvalue weighted by atomic mass is 10.1. The van der Waals surface area contributed by atoms with Gasteiger partial charge >= 0.3 is 0 Å².